The molecule has 0 bridgehead atoms. The fourth-order valence-corrected chi connectivity index (χ4v) is 2.72. The number of nitrogens with two attached hydrogens (primary N) is 1. The van der Waals surface area contributed by atoms with E-state index >= 15 is 0 Å². The van der Waals surface area contributed by atoms with Crippen LogP contribution in [0.4, 0.5) is 5.00 Å². The Labute approximate surface area is 126 Å². The second kappa shape index (κ2) is 7.05. The Morgan fingerprint density at radius 2 is 2.19 bits per heavy atom. The molecule has 2 rings (SSSR count). The van der Waals surface area contributed by atoms with E-state index < -0.39 is 0 Å². The fraction of sp³-hybridized carbons (Fsp3) is 0.286. The van der Waals surface area contributed by atoms with Gasteiger partial charge in [-0.2, -0.15) is 0 Å². The van der Waals surface area contributed by atoms with Gasteiger partial charge in [-0.05, 0) is 43.7 Å². The van der Waals surface area contributed by atoms with Crippen LogP contribution in [0, 0.1) is 6.92 Å². The Morgan fingerprint density at radius 1 is 1.38 bits per heavy atom. The highest BCUT2D eigenvalue weighted by Crippen LogP contribution is 2.27. The average Bonchev–Trinajstić information content (AvgIpc) is 3.08. The van der Waals surface area contributed by atoms with Gasteiger partial charge in [-0.3, -0.25) is 9.59 Å². The first-order valence-electron chi connectivity index (χ1n) is 6.55. The number of anilines is 1. The first-order chi connectivity index (χ1) is 10.1. The van der Waals surface area contributed by atoms with Crippen molar-refractivity contribution in [3.63, 3.8) is 0 Å². The van der Waals surface area contributed by atoms with E-state index in [0.717, 1.165) is 12.0 Å². The van der Waals surface area contributed by atoms with Gasteiger partial charge in [-0.15, -0.1) is 11.3 Å². The molecule has 2 aromatic heterocycles. The summed E-state index contributed by atoms with van der Waals surface area (Å²) in [6.07, 6.45) is 2.17. The Bertz CT molecular complexity index is 619. The number of carbonyl (C=O) groups excluding carboxylic acids is 2. The number of carbonyl (C=O) groups is 2. The monoisotopic (exact) mass is 307 g/mol. The summed E-state index contributed by atoms with van der Waals surface area (Å²) in [6, 6.07) is 4.99. The average molecular weight is 307 g/mol. The van der Waals surface area contributed by atoms with E-state index in [1.165, 1.54) is 17.6 Å². The third-order valence-corrected chi connectivity index (χ3v) is 3.92. The lowest BCUT2D eigenvalue weighted by Gasteiger charge is -2.02. The van der Waals surface area contributed by atoms with Crippen molar-refractivity contribution in [3.8, 4) is 0 Å². The fourth-order valence-electron chi connectivity index (χ4n) is 1.73. The zero-order valence-corrected chi connectivity index (χ0v) is 12.5. The molecule has 7 heteroatoms. The second-order valence-corrected chi connectivity index (χ2v) is 5.50. The lowest BCUT2D eigenvalue weighted by atomic mass is 10.2. The summed E-state index contributed by atoms with van der Waals surface area (Å²) in [5.74, 6) is -0.254. The van der Waals surface area contributed by atoms with Crippen molar-refractivity contribution in [3.05, 3.63) is 40.7 Å². The number of hydrogen-bond donors (Lipinski definition) is 3. The van der Waals surface area contributed by atoms with Crippen LogP contribution in [0.3, 0.4) is 0 Å². The molecule has 4 N–H and O–H groups in total. The molecule has 0 unspecified atom stereocenters. The van der Waals surface area contributed by atoms with Crippen molar-refractivity contribution in [1.82, 2.24) is 5.32 Å². The second-order valence-electron chi connectivity index (χ2n) is 4.45. The van der Waals surface area contributed by atoms with Gasteiger partial charge in [0.05, 0.1) is 16.1 Å². The molecule has 2 amide bonds. The zero-order chi connectivity index (χ0) is 15.2. The Kier molecular flexibility index (Phi) is 5.13. The summed E-state index contributed by atoms with van der Waals surface area (Å²) in [5.41, 5.74) is 6.20. The van der Waals surface area contributed by atoms with E-state index in [9.17, 15) is 9.59 Å². The molecule has 0 aromatic carbocycles. The molecule has 2 heterocycles. The molecule has 6 nitrogen and oxygen atoms in total. The number of aryl methyl sites for hydroxylation is 1. The molecule has 0 aliphatic carbocycles. The van der Waals surface area contributed by atoms with Crippen LogP contribution >= 0.6 is 11.3 Å². The summed E-state index contributed by atoms with van der Waals surface area (Å²) >= 11 is 1.23. The maximum Gasteiger partial charge on any atom is 0.291 e. The highest BCUT2D eigenvalue weighted by atomic mass is 32.1. The van der Waals surface area contributed by atoms with Gasteiger partial charge in [0.1, 0.15) is 0 Å². The maximum absolute atomic E-state index is 12.0. The van der Waals surface area contributed by atoms with E-state index in [0.29, 0.717) is 23.0 Å². The van der Waals surface area contributed by atoms with E-state index in [-0.39, 0.29) is 17.6 Å². The van der Waals surface area contributed by atoms with Crippen LogP contribution in [0.2, 0.25) is 0 Å². The molecular weight excluding hydrogens is 290 g/mol. The summed E-state index contributed by atoms with van der Waals surface area (Å²) in [6.45, 7) is 2.91. The van der Waals surface area contributed by atoms with E-state index in [1.807, 2.05) is 6.92 Å². The van der Waals surface area contributed by atoms with Crippen molar-refractivity contribution in [2.75, 3.05) is 18.4 Å². The number of furan rings is 1. The lowest BCUT2D eigenvalue weighted by molar-refractivity contribution is 0.0955. The highest BCUT2D eigenvalue weighted by molar-refractivity contribution is 7.18. The SMILES string of the molecule is Cc1cc(NC(=O)c2ccco2)sc1C(=O)NCCCN. The molecule has 0 spiro atoms. The molecule has 0 saturated heterocycles. The third-order valence-electron chi connectivity index (χ3n) is 2.77. The zero-order valence-electron chi connectivity index (χ0n) is 11.6. The van der Waals surface area contributed by atoms with Crippen LogP contribution < -0.4 is 16.4 Å². The Morgan fingerprint density at radius 3 is 2.86 bits per heavy atom. The van der Waals surface area contributed by atoms with Crippen LogP contribution in [-0.2, 0) is 0 Å². The van der Waals surface area contributed by atoms with Crippen LogP contribution in [0.15, 0.2) is 28.9 Å². The van der Waals surface area contributed by atoms with Crippen molar-refractivity contribution < 1.29 is 14.0 Å². The van der Waals surface area contributed by atoms with Gasteiger partial charge in [0.25, 0.3) is 11.8 Å². The van der Waals surface area contributed by atoms with Crippen molar-refractivity contribution in [2.24, 2.45) is 5.73 Å². The molecule has 0 saturated carbocycles. The first kappa shape index (κ1) is 15.3. The predicted molar refractivity (Wildman–Crippen MR) is 81.7 cm³/mol. The van der Waals surface area contributed by atoms with Crippen LogP contribution in [0.5, 0.6) is 0 Å². The van der Waals surface area contributed by atoms with Crippen LogP contribution in [-0.4, -0.2) is 24.9 Å². The largest absolute Gasteiger partial charge is 0.459 e. The molecule has 2 aromatic rings. The summed E-state index contributed by atoms with van der Waals surface area (Å²) < 4.78 is 5.02. The maximum atomic E-state index is 12.0. The lowest BCUT2D eigenvalue weighted by Crippen LogP contribution is -2.25. The minimum absolute atomic E-state index is 0.149. The topological polar surface area (TPSA) is 97.4 Å². The number of rotatable bonds is 6. The highest BCUT2D eigenvalue weighted by Gasteiger charge is 2.16. The first-order valence-corrected chi connectivity index (χ1v) is 7.37. The molecule has 0 fully saturated rings. The number of nitrogens with one attached hydrogen (secondary N) is 2. The minimum atomic E-state index is -0.337. The quantitative estimate of drug-likeness (QED) is 0.711. The van der Waals surface area contributed by atoms with Gasteiger partial charge in [-0.1, -0.05) is 0 Å². The normalized spacial score (nSPS) is 10.4. The summed E-state index contributed by atoms with van der Waals surface area (Å²) in [4.78, 5) is 24.4. The van der Waals surface area contributed by atoms with Gasteiger partial charge < -0.3 is 20.8 Å². The number of hydrogen-bond acceptors (Lipinski definition) is 5. The summed E-state index contributed by atoms with van der Waals surface area (Å²) in [7, 11) is 0. The molecule has 0 atom stereocenters. The van der Waals surface area contributed by atoms with Crippen LogP contribution in [0.25, 0.3) is 0 Å². The number of thiophene rings is 1. The van der Waals surface area contributed by atoms with Gasteiger partial charge in [0.2, 0.25) is 0 Å². The van der Waals surface area contributed by atoms with Crippen LogP contribution in [0.1, 0.15) is 32.2 Å². The van der Waals surface area contributed by atoms with Crippen molar-refractivity contribution >= 4 is 28.2 Å². The van der Waals surface area contributed by atoms with E-state index in [1.54, 1.807) is 18.2 Å². The van der Waals surface area contributed by atoms with E-state index in [2.05, 4.69) is 10.6 Å². The molecular formula is C14H17N3O3S. The molecule has 0 radical (unpaired) electrons. The van der Waals surface area contributed by atoms with Gasteiger partial charge in [-0.25, -0.2) is 0 Å². The Balaban J connectivity index is 2.01. The molecule has 21 heavy (non-hydrogen) atoms. The smallest absolute Gasteiger partial charge is 0.291 e. The molecule has 0 aliphatic rings. The minimum Gasteiger partial charge on any atom is -0.459 e. The summed E-state index contributed by atoms with van der Waals surface area (Å²) in [5, 5.41) is 6.12. The predicted octanol–water partition coefficient (Wildman–Crippen LogP) is 1.98. The van der Waals surface area contributed by atoms with Crippen molar-refractivity contribution in [1.29, 1.82) is 0 Å². The van der Waals surface area contributed by atoms with Crippen molar-refractivity contribution in [2.45, 2.75) is 13.3 Å². The Hall–Kier alpha value is -2.12. The molecule has 112 valence electrons. The van der Waals surface area contributed by atoms with E-state index in [4.69, 9.17) is 10.2 Å². The standard InChI is InChI=1S/C14H17N3O3S/c1-9-8-11(17-13(18)10-4-2-7-20-10)21-12(9)14(19)16-6-3-5-15/h2,4,7-8H,3,5-6,15H2,1H3,(H,16,19)(H,17,18). The molecule has 0 aliphatic heterocycles. The van der Waals surface area contributed by atoms with Gasteiger partial charge in [0, 0.05) is 6.54 Å². The van der Waals surface area contributed by atoms with Gasteiger partial charge in [0.15, 0.2) is 5.76 Å². The third kappa shape index (κ3) is 3.93. The number of amides is 2. The van der Waals surface area contributed by atoms with Gasteiger partial charge >= 0.3 is 0 Å².